The van der Waals surface area contributed by atoms with Crippen LogP contribution in [-0.2, 0) is 9.47 Å². The first-order valence-corrected chi connectivity index (χ1v) is 12.3. The Balaban J connectivity index is 1.20. The molecule has 0 saturated carbocycles. The molecule has 1 fully saturated rings. The lowest BCUT2D eigenvalue weighted by Crippen LogP contribution is -2.32. The second kappa shape index (κ2) is 9.51. The van der Waals surface area contributed by atoms with Gasteiger partial charge in [0.25, 0.3) is 11.8 Å². The Morgan fingerprint density at radius 3 is 2.56 bits per heavy atom. The van der Waals surface area contributed by atoms with Crippen molar-refractivity contribution < 1.29 is 23.8 Å². The van der Waals surface area contributed by atoms with Crippen LogP contribution < -0.4 is 4.74 Å². The summed E-state index contributed by atoms with van der Waals surface area (Å²) in [5.41, 5.74) is 1.57. The van der Waals surface area contributed by atoms with Gasteiger partial charge in [0, 0.05) is 18.0 Å². The van der Waals surface area contributed by atoms with Crippen molar-refractivity contribution in [3.8, 4) is 11.5 Å². The number of para-hydroxylation sites is 1. The van der Waals surface area contributed by atoms with Crippen LogP contribution in [0.3, 0.4) is 0 Å². The minimum atomic E-state index is -0.476. The molecule has 3 aliphatic heterocycles. The Labute approximate surface area is 209 Å². The summed E-state index contributed by atoms with van der Waals surface area (Å²) in [6.07, 6.45) is 12.4. The highest BCUT2D eigenvalue weighted by Gasteiger charge is 2.41. The summed E-state index contributed by atoms with van der Waals surface area (Å²) in [4.78, 5) is 30.0. The van der Waals surface area contributed by atoms with E-state index in [0.717, 1.165) is 36.5 Å². The molecule has 36 heavy (non-hydrogen) atoms. The minimum absolute atomic E-state index is 0.0552. The maximum atomic E-state index is 13.3. The first-order chi connectivity index (χ1) is 17.7. The van der Waals surface area contributed by atoms with Gasteiger partial charge >= 0.3 is 0 Å². The van der Waals surface area contributed by atoms with Crippen LogP contribution in [-0.4, -0.2) is 41.2 Å². The summed E-state index contributed by atoms with van der Waals surface area (Å²) in [5, 5.41) is 0. The van der Waals surface area contributed by atoms with Crippen LogP contribution >= 0.6 is 0 Å². The Hall–Kier alpha value is -4.10. The standard InChI is InChI=1S/C29H26N2O5/c32-28-24-13-12-22(35-21-9-2-1-3-10-21)16-25(24)29(33)31(28)27-19-34-18-26(36-27)23-11-5-4-8-20(23)17-30-14-6-7-15-30/h1-5,9-13,16,18-20H,6-8,14-15,17H2. The van der Waals surface area contributed by atoms with Gasteiger partial charge < -0.3 is 19.1 Å². The van der Waals surface area contributed by atoms with E-state index < -0.39 is 11.8 Å². The van der Waals surface area contributed by atoms with Crippen LogP contribution in [0.15, 0.2) is 96.5 Å². The van der Waals surface area contributed by atoms with Crippen molar-refractivity contribution >= 4 is 11.8 Å². The van der Waals surface area contributed by atoms with E-state index in [2.05, 4.69) is 11.0 Å². The van der Waals surface area contributed by atoms with Crippen LogP contribution in [0.4, 0.5) is 0 Å². The minimum Gasteiger partial charge on any atom is -0.463 e. The number of imide groups is 1. The van der Waals surface area contributed by atoms with E-state index in [4.69, 9.17) is 14.2 Å². The van der Waals surface area contributed by atoms with Gasteiger partial charge in [0.15, 0.2) is 12.0 Å². The fraction of sp³-hybridized carbons (Fsp3) is 0.241. The van der Waals surface area contributed by atoms with Crippen molar-refractivity contribution in [1.82, 2.24) is 9.80 Å². The van der Waals surface area contributed by atoms with Gasteiger partial charge in [-0.05, 0) is 62.7 Å². The summed E-state index contributed by atoms with van der Waals surface area (Å²) in [7, 11) is 0. The molecule has 7 nitrogen and oxygen atoms in total. The highest BCUT2D eigenvalue weighted by molar-refractivity contribution is 6.22. The molecule has 3 heterocycles. The Kier molecular flexibility index (Phi) is 5.91. The molecule has 0 N–H and O–H groups in total. The molecule has 0 aromatic heterocycles. The average Bonchev–Trinajstić information content (AvgIpc) is 3.51. The molecule has 6 rings (SSSR count). The monoisotopic (exact) mass is 482 g/mol. The molecule has 2 aromatic rings. The Morgan fingerprint density at radius 2 is 1.72 bits per heavy atom. The third-order valence-corrected chi connectivity index (χ3v) is 6.85. The van der Waals surface area contributed by atoms with E-state index >= 15 is 0 Å². The summed E-state index contributed by atoms with van der Waals surface area (Å²) in [6.45, 7) is 3.16. The zero-order valence-electron chi connectivity index (χ0n) is 19.8. The average molecular weight is 483 g/mol. The molecule has 1 saturated heterocycles. The molecule has 4 aliphatic rings. The zero-order valence-corrected chi connectivity index (χ0v) is 19.8. The number of ether oxygens (including phenoxy) is 3. The van der Waals surface area contributed by atoms with Gasteiger partial charge in [-0.2, -0.15) is 0 Å². The summed E-state index contributed by atoms with van der Waals surface area (Å²) in [5.74, 6) is 1.01. The largest absolute Gasteiger partial charge is 0.463 e. The highest BCUT2D eigenvalue weighted by Crippen LogP contribution is 2.36. The van der Waals surface area contributed by atoms with Crippen LogP contribution in [0.2, 0.25) is 0 Å². The van der Waals surface area contributed by atoms with Gasteiger partial charge in [-0.3, -0.25) is 9.59 Å². The summed E-state index contributed by atoms with van der Waals surface area (Å²) >= 11 is 0. The van der Waals surface area contributed by atoms with E-state index in [0.29, 0.717) is 22.8 Å². The molecule has 1 atom stereocenters. The van der Waals surface area contributed by atoms with Crippen molar-refractivity contribution in [2.45, 2.75) is 19.3 Å². The number of rotatable bonds is 6. The summed E-state index contributed by atoms with van der Waals surface area (Å²) in [6, 6.07) is 14.1. The lowest BCUT2D eigenvalue weighted by Gasteiger charge is -2.29. The smallest absolute Gasteiger partial charge is 0.268 e. The molecule has 1 aliphatic carbocycles. The fourth-order valence-electron chi connectivity index (χ4n) is 5.06. The third-order valence-electron chi connectivity index (χ3n) is 6.85. The van der Waals surface area contributed by atoms with Gasteiger partial charge in [0.2, 0.25) is 5.88 Å². The first kappa shape index (κ1) is 22.4. The van der Waals surface area contributed by atoms with E-state index in [9.17, 15) is 9.59 Å². The number of carbonyl (C=O) groups is 2. The normalized spacial score (nSPS) is 21.4. The molecule has 2 aromatic carbocycles. The van der Waals surface area contributed by atoms with Crippen LogP contribution in [0, 0.1) is 5.92 Å². The zero-order chi connectivity index (χ0) is 24.5. The predicted molar refractivity (Wildman–Crippen MR) is 133 cm³/mol. The predicted octanol–water partition coefficient (Wildman–Crippen LogP) is 5.36. The molecular weight excluding hydrogens is 456 g/mol. The Morgan fingerprint density at radius 1 is 0.917 bits per heavy atom. The Bertz CT molecular complexity index is 1320. The lowest BCUT2D eigenvalue weighted by atomic mass is 9.89. The van der Waals surface area contributed by atoms with Gasteiger partial charge in [0.05, 0.1) is 11.1 Å². The molecule has 2 amide bonds. The van der Waals surface area contributed by atoms with Gasteiger partial charge in [-0.25, -0.2) is 4.90 Å². The number of allylic oxidation sites excluding steroid dienone is 4. The van der Waals surface area contributed by atoms with Crippen LogP contribution in [0.1, 0.15) is 40.0 Å². The third kappa shape index (κ3) is 4.22. The number of nitrogens with zero attached hydrogens (tertiary/aromatic N) is 2. The van der Waals surface area contributed by atoms with E-state index in [-0.39, 0.29) is 17.4 Å². The van der Waals surface area contributed by atoms with E-state index in [1.807, 2.05) is 42.5 Å². The van der Waals surface area contributed by atoms with Crippen molar-refractivity contribution in [2.75, 3.05) is 19.6 Å². The molecule has 7 heteroatoms. The number of hydrogen-bond donors (Lipinski definition) is 0. The second-order valence-electron chi connectivity index (χ2n) is 9.24. The summed E-state index contributed by atoms with van der Waals surface area (Å²) < 4.78 is 17.6. The quantitative estimate of drug-likeness (QED) is 0.517. The number of benzene rings is 2. The first-order valence-electron chi connectivity index (χ1n) is 12.3. The van der Waals surface area contributed by atoms with Crippen LogP contribution in [0.25, 0.3) is 0 Å². The number of likely N-dealkylation sites (tertiary alicyclic amines) is 1. The van der Waals surface area contributed by atoms with Crippen molar-refractivity contribution in [3.63, 3.8) is 0 Å². The molecule has 182 valence electrons. The van der Waals surface area contributed by atoms with Crippen LogP contribution in [0.5, 0.6) is 11.5 Å². The highest BCUT2D eigenvalue weighted by atomic mass is 16.6. The SMILES string of the molecule is O=C1c2ccc(Oc3ccccc3)cc2C(=O)N1C1=COC=C(C2=CC=CCC2CN2CCCC2)O1. The lowest BCUT2D eigenvalue weighted by molar-refractivity contribution is 0.0564. The molecule has 1 unspecified atom stereocenters. The topological polar surface area (TPSA) is 68.3 Å². The maximum Gasteiger partial charge on any atom is 0.268 e. The van der Waals surface area contributed by atoms with Gasteiger partial charge in [0.1, 0.15) is 17.8 Å². The fourth-order valence-corrected chi connectivity index (χ4v) is 5.06. The molecule has 0 radical (unpaired) electrons. The van der Waals surface area contributed by atoms with Gasteiger partial charge in [-0.1, -0.05) is 36.4 Å². The molecular formula is C29H26N2O5. The number of fused-ring (bicyclic) bond motifs is 1. The number of hydrogen-bond acceptors (Lipinski definition) is 6. The van der Waals surface area contributed by atoms with E-state index in [1.54, 1.807) is 18.2 Å². The van der Waals surface area contributed by atoms with Gasteiger partial charge in [-0.15, -0.1) is 0 Å². The maximum absolute atomic E-state index is 13.3. The number of amides is 2. The number of carbonyl (C=O) groups excluding carboxylic acids is 2. The molecule has 0 bridgehead atoms. The van der Waals surface area contributed by atoms with E-state index in [1.165, 1.54) is 25.4 Å². The second-order valence-corrected chi connectivity index (χ2v) is 9.24. The molecule has 0 spiro atoms. The van der Waals surface area contributed by atoms with Crippen molar-refractivity contribution in [3.05, 3.63) is 108 Å². The van der Waals surface area contributed by atoms with Crippen molar-refractivity contribution in [2.24, 2.45) is 5.92 Å². The van der Waals surface area contributed by atoms with Crippen molar-refractivity contribution in [1.29, 1.82) is 0 Å².